The lowest BCUT2D eigenvalue weighted by molar-refractivity contribution is -0.117. The lowest BCUT2D eigenvalue weighted by atomic mass is 10.1. The first-order chi connectivity index (χ1) is 14.5. The number of carbonyl (C=O) groups is 1. The molecule has 0 saturated carbocycles. The molecule has 4 rings (SSSR count). The average Bonchev–Trinajstić information content (AvgIpc) is 3.22. The molecule has 2 aromatic carbocycles. The highest BCUT2D eigenvalue weighted by Gasteiger charge is 2.22. The first-order valence-corrected chi connectivity index (χ1v) is 11.1. The fraction of sp³-hybridized carbons (Fsp3) is 0.318. The summed E-state index contributed by atoms with van der Waals surface area (Å²) in [7, 11) is 0. The first kappa shape index (κ1) is 20.8. The Labute approximate surface area is 185 Å². The number of rotatable bonds is 5. The molecule has 1 saturated heterocycles. The second-order valence-corrected chi connectivity index (χ2v) is 8.79. The summed E-state index contributed by atoms with van der Waals surface area (Å²) >= 11 is 7.83. The van der Waals surface area contributed by atoms with Crippen LogP contribution in [0.5, 0.6) is 0 Å². The van der Waals surface area contributed by atoms with E-state index in [1.54, 1.807) is 11.3 Å². The normalized spacial score (nSPS) is 14.7. The molecule has 8 heteroatoms. The fourth-order valence-electron chi connectivity index (χ4n) is 3.46. The first-order valence-electron chi connectivity index (χ1n) is 9.93. The van der Waals surface area contributed by atoms with Crippen molar-refractivity contribution in [2.75, 3.05) is 42.9 Å². The molecular formula is C22H24ClN5OS. The van der Waals surface area contributed by atoms with Crippen molar-refractivity contribution in [3.8, 4) is 10.6 Å². The van der Waals surface area contributed by atoms with Gasteiger partial charge >= 0.3 is 0 Å². The van der Waals surface area contributed by atoms with Gasteiger partial charge in [0, 0.05) is 37.4 Å². The van der Waals surface area contributed by atoms with E-state index in [9.17, 15) is 4.79 Å². The third-order valence-electron chi connectivity index (χ3n) is 5.41. The molecule has 1 aliphatic rings. The van der Waals surface area contributed by atoms with Gasteiger partial charge in [-0.15, -0.1) is 10.2 Å². The molecule has 1 aliphatic heterocycles. The SMILES string of the molecule is Cc1cccc(NC(=O)CN2CCN(c3nnc(-c4ccccc4Cl)s3)CC2)c1C. The van der Waals surface area contributed by atoms with Crippen molar-refractivity contribution in [3.63, 3.8) is 0 Å². The fourth-order valence-corrected chi connectivity index (χ4v) is 4.68. The number of hydrogen-bond acceptors (Lipinski definition) is 6. The van der Waals surface area contributed by atoms with Crippen molar-refractivity contribution >= 4 is 39.7 Å². The monoisotopic (exact) mass is 441 g/mol. The number of halogens is 1. The average molecular weight is 442 g/mol. The standard InChI is InChI=1S/C22H24ClN5OS/c1-15-6-5-9-19(16(15)2)24-20(29)14-27-10-12-28(13-11-27)22-26-25-21(30-22)17-7-3-4-8-18(17)23/h3-9H,10-14H2,1-2H3,(H,24,29). The summed E-state index contributed by atoms with van der Waals surface area (Å²) in [6.45, 7) is 7.71. The Bertz CT molecular complexity index is 1050. The van der Waals surface area contributed by atoms with Gasteiger partial charge in [-0.25, -0.2) is 0 Å². The van der Waals surface area contributed by atoms with Crippen LogP contribution in [-0.2, 0) is 4.79 Å². The zero-order valence-corrected chi connectivity index (χ0v) is 18.6. The number of aromatic nitrogens is 2. The lowest BCUT2D eigenvalue weighted by Crippen LogP contribution is -2.48. The number of aryl methyl sites for hydroxylation is 1. The molecule has 0 bridgehead atoms. The Kier molecular flexibility index (Phi) is 6.32. The third kappa shape index (κ3) is 4.64. The zero-order valence-electron chi connectivity index (χ0n) is 17.1. The highest BCUT2D eigenvalue weighted by atomic mass is 35.5. The van der Waals surface area contributed by atoms with Crippen molar-refractivity contribution in [3.05, 3.63) is 58.6 Å². The summed E-state index contributed by atoms with van der Waals surface area (Å²) in [5.41, 5.74) is 4.08. The maximum Gasteiger partial charge on any atom is 0.238 e. The van der Waals surface area contributed by atoms with Gasteiger partial charge in [-0.3, -0.25) is 9.69 Å². The van der Waals surface area contributed by atoms with Crippen LogP contribution in [0.15, 0.2) is 42.5 Å². The van der Waals surface area contributed by atoms with Crippen molar-refractivity contribution in [1.29, 1.82) is 0 Å². The smallest absolute Gasteiger partial charge is 0.238 e. The Morgan fingerprint density at radius 2 is 1.83 bits per heavy atom. The van der Waals surface area contributed by atoms with Gasteiger partial charge in [0.25, 0.3) is 0 Å². The van der Waals surface area contributed by atoms with Gasteiger partial charge in [0.2, 0.25) is 11.0 Å². The van der Waals surface area contributed by atoms with Crippen molar-refractivity contribution in [1.82, 2.24) is 15.1 Å². The summed E-state index contributed by atoms with van der Waals surface area (Å²) in [5, 5.41) is 14.1. The quantitative estimate of drug-likeness (QED) is 0.641. The topological polar surface area (TPSA) is 61.4 Å². The highest BCUT2D eigenvalue weighted by molar-refractivity contribution is 7.18. The Hall–Kier alpha value is -2.48. The number of benzene rings is 2. The number of piperazine rings is 1. The van der Waals surface area contributed by atoms with Crippen LogP contribution in [-0.4, -0.2) is 53.7 Å². The van der Waals surface area contributed by atoms with E-state index >= 15 is 0 Å². The van der Waals surface area contributed by atoms with Crippen LogP contribution in [0.3, 0.4) is 0 Å². The maximum atomic E-state index is 12.5. The van der Waals surface area contributed by atoms with Crippen LogP contribution in [0.1, 0.15) is 11.1 Å². The number of anilines is 2. The predicted octanol–water partition coefficient (Wildman–Crippen LogP) is 4.24. The van der Waals surface area contributed by atoms with Gasteiger partial charge in [0.15, 0.2) is 5.01 Å². The number of amides is 1. The van der Waals surface area contributed by atoms with Gasteiger partial charge < -0.3 is 10.2 Å². The molecule has 0 atom stereocenters. The lowest BCUT2D eigenvalue weighted by Gasteiger charge is -2.33. The largest absolute Gasteiger partial charge is 0.344 e. The number of nitrogens with zero attached hydrogens (tertiary/aromatic N) is 4. The Balaban J connectivity index is 1.32. The molecule has 30 heavy (non-hydrogen) atoms. The molecule has 1 aromatic heterocycles. The van der Waals surface area contributed by atoms with Crippen LogP contribution in [0.4, 0.5) is 10.8 Å². The molecule has 3 aromatic rings. The van der Waals surface area contributed by atoms with Crippen molar-refractivity contribution in [2.45, 2.75) is 13.8 Å². The molecule has 0 radical (unpaired) electrons. The molecule has 156 valence electrons. The van der Waals surface area contributed by atoms with E-state index in [1.165, 1.54) is 5.56 Å². The molecule has 2 heterocycles. The summed E-state index contributed by atoms with van der Waals surface area (Å²) in [6.07, 6.45) is 0. The zero-order chi connectivity index (χ0) is 21.1. The molecule has 1 N–H and O–H groups in total. The van der Waals surface area contributed by atoms with Crippen LogP contribution >= 0.6 is 22.9 Å². The molecule has 1 fully saturated rings. The second kappa shape index (κ2) is 9.12. The molecule has 0 aliphatic carbocycles. The number of nitrogens with one attached hydrogen (secondary N) is 1. The van der Waals surface area contributed by atoms with Crippen LogP contribution < -0.4 is 10.2 Å². The van der Waals surface area contributed by atoms with E-state index in [0.717, 1.165) is 53.1 Å². The van der Waals surface area contributed by atoms with Crippen LogP contribution in [0.25, 0.3) is 10.6 Å². The molecule has 1 amide bonds. The summed E-state index contributed by atoms with van der Waals surface area (Å²) in [4.78, 5) is 16.9. The highest BCUT2D eigenvalue weighted by Crippen LogP contribution is 2.33. The minimum Gasteiger partial charge on any atom is -0.344 e. The van der Waals surface area contributed by atoms with Crippen LogP contribution in [0, 0.1) is 13.8 Å². The van der Waals surface area contributed by atoms with Gasteiger partial charge in [0.05, 0.1) is 11.6 Å². The predicted molar refractivity (Wildman–Crippen MR) is 124 cm³/mol. The third-order valence-corrected chi connectivity index (χ3v) is 6.75. The number of carbonyl (C=O) groups excluding carboxylic acids is 1. The molecular weight excluding hydrogens is 418 g/mol. The Morgan fingerprint density at radius 3 is 2.60 bits per heavy atom. The number of hydrogen-bond donors (Lipinski definition) is 1. The van der Waals surface area contributed by atoms with Gasteiger partial charge in [-0.2, -0.15) is 0 Å². The van der Waals surface area contributed by atoms with E-state index in [0.29, 0.717) is 11.6 Å². The maximum absolute atomic E-state index is 12.5. The van der Waals surface area contributed by atoms with E-state index in [-0.39, 0.29) is 5.91 Å². The summed E-state index contributed by atoms with van der Waals surface area (Å²) in [5.74, 6) is 0.0223. The van der Waals surface area contributed by atoms with E-state index < -0.39 is 0 Å². The van der Waals surface area contributed by atoms with Crippen LogP contribution in [0.2, 0.25) is 5.02 Å². The molecule has 0 unspecified atom stereocenters. The second-order valence-electron chi connectivity index (χ2n) is 7.43. The van der Waals surface area contributed by atoms with Gasteiger partial charge in [-0.05, 0) is 37.1 Å². The minimum absolute atomic E-state index is 0.0223. The summed E-state index contributed by atoms with van der Waals surface area (Å²) in [6, 6.07) is 13.6. The van der Waals surface area contributed by atoms with Crippen molar-refractivity contribution < 1.29 is 4.79 Å². The van der Waals surface area contributed by atoms with E-state index in [2.05, 4.69) is 38.3 Å². The van der Waals surface area contributed by atoms with Gasteiger partial charge in [-0.1, -0.05) is 53.3 Å². The van der Waals surface area contributed by atoms with E-state index in [4.69, 9.17) is 11.6 Å². The van der Waals surface area contributed by atoms with Gasteiger partial charge in [0.1, 0.15) is 0 Å². The minimum atomic E-state index is 0.0223. The Morgan fingerprint density at radius 1 is 1.07 bits per heavy atom. The van der Waals surface area contributed by atoms with E-state index in [1.807, 2.05) is 43.3 Å². The van der Waals surface area contributed by atoms with Crippen molar-refractivity contribution in [2.24, 2.45) is 0 Å². The molecule has 0 spiro atoms. The molecule has 6 nitrogen and oxygen atoms in total. The summed E-state index contributed by atoms with van der Waals surface area (Å²) < 4.78 is 0.